The van der Waals surface area contributed by atoms with E-state index in [4.69, 9.17) is 4.74 Å². The van der Waals surface area contributed by atoms with Gasteiger partial charge in [0.25, 0.3) is 10.0 Å². The average Bonchev–Trinajstić information content (AvgIpc) is 3.38. The number of thiophene rings is 1. The summed E-state index contributed by atoms with van der Waals surface area (Å²) in [6, 6.07) is 15.0. The van der Waals surface area contributed by atoms with Gasteiger partial charge in [-0.05, 0) is 56.0 Å². The minimum Gasteiger partial charge on any atom is -0.465 e. The van der Waals surface area contributed by atoms with Gasteiger partial charge in [-0.25, -0.2) is 13.2 Å². The minimum absolute atomic E-state index is 0.0927. The van der Waals surface area contributed by atoms with Crippen molar-refractivity contribution < 1.29 is 22.7 Å². The highest BCUT2D eigenvalue weighted by Gasteiger charge is 2.30. The Balaban J connectivity index is 1.65. The van der Waals surface area contributed by atoms with Gasteiger partial charge >= 0.3 is 5.97 Å². The molecule has 2 aromatic carbocycles. The monoisotopic (exact) mass is 484 g/mol. The number of fused-ring (bicyclic) bond motifs is 1. The van der Waals surface area contributed by atoms with Crippen LogP contribution in [0.2, 0.25) is 0 Å². The first-order chi connectivity index (χ1) is 15.8. The highest BCUT2D eigenvalue weighted by molar-refractivity contribution is 7.92. The lowest BCUT2D eigenvalue weighted by Crippen LogP contribution is -2.38. The molecule has 172 valence electrons. The zero-order valence-corrected chi connectivity index (χ0v) is 20.0. The molecule has 1 aliphatic carbocycles. The fraction of sp³-hybridized carbons (Fsp3) is 0.250. The molecule has 4 rings (SSSR count). The van der Waals surface area contributed by atoms with Crippen LogP contribution in [-0.4, -0.2) is 33.9 Å². The predicted molar refractivity (Wildman–Crippen MR) is 128 cm³/mol. The number of anilines is 2. The molecule has 0 bridgehead atoms. The van der Waals surface area contributed by atoms with Crippen molar-refractivity contribution in [3.05, 3.63) is 76.2 Å². The van der Waals surface area contributed by atoms with Crippen LogP contribution in [0.5, 0.6) is 0 Å². The first kappa shape index (κ1) is 23.0. The molecule has 0 saturated heterocycles. The van der Waals surface area contributed by atoms with Crippen molar-refractivity contribution in [1.29, 1.82) is 0 Å². The zero-order chi connectivity index (χ0) is 23.6. The van der Waals surface area contributed by atoms with E-state index in [0.29, 0.717) is 16.3 Å². The van der Waals surface area contributed by atoms with E-state index in [1.807, 2.05) is 6.92 Å². The van der Waals surface area contributed by atoms with Crippen molar-refractivity contribution in [3.63, 3.8) is 0 Å². The number of hydrogen-bond donors (Lipinski definition) is 1. The highest BCUT2D eigenvalue weighted by Crippen LogP contribution is 2.39. The minimum atomic E-state index is -4.00. The van der Waals surface area contributed by atoms with Crippen LogP contribution in [0.25, 0.3) is 0 Å². The van der Waals surface area contributed by atoms with E-state index in [-0.39, 0.29) is 4.90 Å². The van der Waals surface area contributed by atoms with Gasteiger partial charge in [-0.2, -0.15) is 0 Å². The number of benzene rings is 2. The van der Waals surface area contributed by atoms with Crippen molar-refractivity contribution in [2.75, 3.05) is 23.3 Å². The molecule has 1 amide bonds. The molecule has 7 nitrogen and oxygen atoms in total. The smallest absolute Gasteiger partial charge is 0.341 e. The third-order valence-electron chi connectivity index (χ3n) is 5.50. The Morgan fingerprint density at radius 3 is 2.42 bits per heavy atom. The second-order valence-electron chi connectivity index (χ2n) is 7.76. The fourth-order valence-electron chi connectivity index (χ4n) is 3.85. The molecule has 3 aromatic rings. The molecule has 0 unspecified atom stereocenters. The summed E-state index contributed by atoms with van der Waals surface area (Å²) in [4.78, 5) is 26.6. The summed E-state index contributed by atoms with van der Waals surface area (Å²) < 4.78 is 32.9. The normalized spacial score (nSPS) is 12.8. The van der Waals surface area contributed by atoms with Gasteiger partial charge in [-0.15, -0.1) is 11.3 Å². The number of carbonyl (C=O) groups is 2. The maximum atomic E-state index is 13.4. The number of para-hydroxylation sites is 1. The zero-order valence-electron chi connectivity index (χ0n) is 18.3. The van der Waals surface area contributed by atoms with Gasteiger partial charge in [0.2, 0.25) is 5.91 Å². The maximum absolute atomic E-state index is 13.4. The van der Waals surface area contributed by atoms with Crippen LogP contribution in [0.4, 0.5) is 10.7 Å². The van der Waals surface area contributed by atoms with Crippen LogP contribution in [0.1, 0.15) is 32.8 Å². The lowest BCUT2D eigenvalue weighted by molar-refractivity contribution is -0.114. The van der Waals surface area contributed by atoms with E-state index in [0.717, 1.165) is 39.6 Å². The SMILES string of the molecule is COC(=O)c1c(NC(=O)CN(c2ccccc2)S(=O)(=O)c2ccc(C)cc2)sc2c1CCC2. The first-order valence-electron chi connectivity index (χ1n) is 10.5. The molecule has 1 N–H and O–H groups in total. The number of rotatable bonds is 7. The molecule has 0 spiro atoms. The molecule has 33 heavy (non-hydrogen) atoms. The molecule has 0 aliphatic heterocycles. The second-order valence-corrected chi connectivity index (χ2v) is 10.7. The topological polar surface area (TPSA) is 92.8 Å². The standard InChI is InChI=1S/C24H24N2O5S2/c1-16-11-13-18(14-12-16)33(29,30)26(17-7-4-3-5-8-17)15-21(27)25-23-22(24(28)31-2)19-9-6-10-20(19)32-23/h3-5,7-8,11-14H,6,9-10,15H2,1-2H3,(H,25,27). The van der Waals surface area contributed by atoms with Crippen LogP contribution in [0.3, 0.4) is 0 Å². The number of aryl methyl sites for hydroxylation is 2. The second kappa shape index (κ2) is 9.36. The summed E-state index contributed by atoms with van der Waals surface area (Å²) in [6.07, 6.45) is 2.55. The summed E-state index contributed by atoms with van der Waals surface area (Å²) in [5.74, 6) is -1.04. The lowest BCUT2D eigenvalue weighted by Gasteiger charge is -2.24. The van der Waals surface area contributed by atoms with E-state index in [1.54, 1.807) is 42.5 Å². The van der Waals surface area contributed by atoms with Crippen molar-refractivity contribution in [3.8, 4) is 0 Å². The Kier molecular flexibility index (Phi) is 6.53. The molecule has 0 atom stereocenters. The third-order valence-corrected chi connectivity index (χ3v) is 8.50. The fourth-order valence-corrected chi connectivity index (χ4v) is 6.57. The quantitative estimate of drug-likeness (QED) is 0.508. The summed E-state index contributed by atoms with van der Waals surface area (Å²) in [7, 11) is -2.70. The number of nitrogens with zero attached hydrogens (tertiary/aromatic N) is 1. The third kappa shape index (κ3) is 4.65. The number of hydrogen-bond acceptors (Lipinski definition) is 6. The summed E-state index contributed by atoms with van der Waals surface area (Å²) in [5, 5.41) is 3.16. The maximum Gasteiger partial charge on any atom is 0.341 e. The Morgan fingerprint density at radius 1 is 1.06 bits per heavy atom. The number of methoxy groups -OCH3 is 1. The van der Waals surface area contributed by atoms with Gasteiger partial charge in [0.05, 0.1) is 23.3 Å². The van der Waals surface area contributed by atoms with Crippen LogP contribution in [0, 0.1) is 6.92 Å². The van der Waals surface area contributed by atoms with Gasteiger partial charge < -0.3 is 10.1 Å². The summed E-state index contributed by atoms with van der Waals surface area (Å²) in [6.45, 7) is 1.43. The van der Waals surface area contributed by atoms with Crippen molar-refractivity contribution in [2.45, 2.75) is 31.1 Å². The largest absolute Gasteiger partial charge is 0.465 e. The Labute approximate surface area is 197 Å². The summed E-state index contributed by atoms with van der Waals surface area (Å²) >= 11 is 1.35. The molecular formula is C24H24N2O5S2. The van der Waals surface area contributed by atoms with E-state index >= 15 is 0 Å². The highest BCUT2D eigenvalue weighted by atomic mass is 32.2. The van der Waals surface area contributed by atoms with Gasteiger partial charge in [-0.3, -0.25) is 9.10 Å². The molecule has 0 fully saturated rings. The molecule has 0 radical (unpaired) electrons. The lowest BCUT2D eigenvalue weighted by atomic mass is 10.1. The number of amides is 1. The Hall–Kier alpha value is -3.17. The Morgan fingerprint density at radius 2 is 1.76 bits per heavy atom. The first-order valence-corrected chi connectivity index (χ1v) is 12.7. The number of esters is 1. The van der Waals surface area contributed by atoms with Gasteiger partial charge in [0.15, 0.2) is 0 Å². The number of sulfonamides is 1. The molecular weight excluding hydrogens is 460 g/mol. The molecule has 9 heteroatoms. The van der Waals surface area contributed by atoms with E-state index < -0.39 is 28.4 Å². The summed E-state index contributed by atoms with van der Waals surface area (Å²) in [5.41, 5.74) is 2.58. The molecule has 1 heterocycles. The van der Waals surface area contributed by atoms with Crippen molar-refractivity contribution in [2.24, 2.45) is 0 Å². The molecule has 0 saturated carbocycles. The number of carbonyl (C=O) groups excluding carboxylic acids is 2. The predicted octanol–water partition coefficient (Wildman–Crippen LogP) is 4.17. The molecule has 1 aromatic heterocycles. The van der Waals surface area contributed by atoms with Crippen LogP contribution < -0.4 is 9.62 Å². The Bertz CT molecular complexity index is 1280. The van der Waals surface area contributed by atoms with Crippen LogP contribution >= 0.6 is 11.3 Å². The van der Waals surface area contributed by atoms with Crippen LogP contribution in [0.15, 0.2) is 59.5 Å². The van der Waals surface area contributed by atoms with E-state index in [9.17, 15) is 18.0 Å². The molecule has 1 aliphatic rings. The van der Waals surface area contributed by atoms with Gasteiger partial charge in [0.1, 0.15) is 11.5 Å². The number of nitrogens with one attached hydrogen (secondary N) is 1. The van der Waals surface area contributed by atoms with Gasteiger partial charge in [0, 0.05) is 4.88 Å². The van der Waals surface area contributed by atoms with Gasteiger partial charge in [-0.1, -0.05) is 35.9 Å². The van der Waals surface area contributed by atoms with E-state index in [1.165, 1.54) is 30.6 Å². The average molecular weight is 485 g/mol. The van der Waals surface area contributed by atoms with Crippen LogP contribution in [-0.2, 0) is 32.4 Å². The number of ether oxygens (including phenoxy) is 1. The van der Waals surface area contributed by atoms with Crippen molar-refractivity contribution in [1.82, 2.24) is 0 Å². The van der Waals surface area contributed by atoms with E-state index in [2.05, 4.69) is 5.32 Å². The van der Waals surface area contributed by atoms with Crippen molar-refractivity contribution >= 4 is 43.9 Å².